The fraction of sp³-hybridized carbons (Fsp3) is 0.100. The van der Waals surface area contributed by atoms with Crippen LogP contribution in [-0.2, 0) is 11.2 Å². The monoisotopic (exact) mass is 368 g/mol. The van der Waals surface area contributed by atoms with Crippen LogP contribution in [0.25, 0.3) is 10.4 Å². The maximum Gasteiger partial charge on any atom is 0.279 e. The van der Waals surface area contributed by atoms with E-state index < -0.39 is 0 Å². The van der Waals surface area contributed by atoms with Crippen molar-refractivity contribution >= 4 is 23.2 Å². The van der Waals surface area contributed by atoms with E-state index in [9.17, 15) is 14.0 Å². The van der Waals surface area contributed by atoms with E-state index in [1.807, 2.05) is 31.2 Å². The lowest BCUT2D eigenvalue weighted by molar-refractivity contribution is -0.121. The zero-order valence-electron chi connectivity index (χ0n) is 14.1. The lowest BCUT2D eigenvalue weighted by Gasteiger charge is -2.08. The fourth-order valence-electron chi connectivity index (χ4n) is 2.44. The average molecular weight is 368 g/mol. The Kier molecular flexibility index (Phi) is 5.43. The maximum absolute atomic E-state index is 13.0. The number of carbonyl (C=O) groups is 2. The summed E-state index contributed by atoms with van der Waals surface area (Å²) in [7, 11) is 0. The summed E-state index contributed by atoms with van der Waals surface area (Å²) in [5.74, 6) is -0.982. The van der Waals surface area contributed by atoms with Crippen LogP contribution in [0.5, 0.6) is 0 Å². The van der Waals surface area contributed by atoms with Gasteiger partial charge in [0.1, 0.15) is 5.82 Å². The fourth-order valence-corrected chi connectivity index (χ4v) is 3.35. The average Bonchev–Trinajstić information content (AvgIpc) is 3.12. The van der Waals surface area contributed by atoms with Crippen molar-refractivity contribution in [1.29, 1.82) is 0 Å². The highest BCUT2D eigenvalue weighted by atomic mass is 32.1. The molecule has 2 N–H and O–H groups in total. The van der Waals surface area contributed by atoms with Crippen LogP contribution >= 0.6 is 11.3 Å². The molecule has 0 atom stereocenters. The van der Waals surface area contributed by atoms with E-state index >= 15 is 0 Å². The highest BCUT2D eigenvalue weighted by molar-refractivity contribution is 7.17. The number of nitrogens with one attached hydrogen (secondary N) is 2. The molecule has 0 bridgehead atoms. The van der Waals surface area contributed by atoms with Gasteiger partial charge in [-0.15, -0.1) is 11.3 Å². The second-order valence-electron chi connectivity index (χ2n) is 5.78. The van der Waals surface area contributed by atoms with E-state index in [4.69, 9.17) is 0 Å². The number of thiophene rings is 1. The van der Waals surface area contributed by atoms with Crippen LogP contribution in [0, 0.1) is 12.7 Å². The predicted octanol–water partition coefficient (Wildman–Crippen LogP) is 3.87. The van der Waals surface area contributed by atoms with Crippen LogP contribution in [0.1, 0.15) is 20.8 Å². The first-order valence-electron chi connectivity index (χ1n) is 8.02. The molecule has 0 aliphatic rings. The Labute approximate surface area is 154 Å². The molecule has 2 amide bonds. The first kappa shape index (κ1) is 17.8. The molecule has 0 radical (unpaired) electrons. The molecule has 0 spiro atoms. The van der Waals surface area contributed by atoms with Crippen molar-refractivity contribution in [2.45, 2.75) is 13.3 Å². The molecule has 1 heterocycles. The van der Waals surface area contributed by atoms with Crippen LogP contribution in [-0.4, -0.2) is 11.8 Å². The molecule has 0 aliphatic heterocycles. The molecule has 0 fully saturated rings. The molecule has 0 aliphatic carbocycles. The minimum Gasteiger partial charge on any atom is -0.273 e. The smallest absolute Gasteiger partial charge is 0.273 e. The van der Waals surface area contributed by atoms with Gasteiger partial charge in [-0.1, -0.05) is 36.4 Å². The standard InChI is InChI=1S/C20H17FN2O2S/c1-13-4-2-3-5-15(13)12-19(24)22-23-20(25)18-11-10-17(26-18)14-6-8-16(21)9-7-14/h2-11H,12H2,1H3,(H,22,24)(H,23,25). The molecule has 4 nitrogen and oxygen atoms in total. The van der Waals surface area contributed by atoms with Gasteiger partial charge in [0.15, 0.2) is 0 Å². The molecule has 3 aromatic rings. The van der Waals surface area contributed by atoms with Gasteiger partial charge in [0, 0.05) is 4.88 Å². The quantitative estimate of drug-likeness (QED) is 0.687. The maximum atomic E-state index is 13.0. The summed E-state index contributed by atoms with van der Waals surface area (Å²) in [6.07, 6.45) is 0.193. The number of aryl methyl sites for hydroxylation is 1. The number of carbonyl (C=O) groups excluding carboxylic acids is 2. The van der Waals surface area contributed by atoms with Crippen molar-refractivity contribution in [3.05, 3.63) is 82.5 Å². The SMILES string of the molecule is Cc1ccccc1CC(=O)NNC(=O)c1ccc(-c2ccc(F)cc2)s1. The molecule has 2 aromatic carbocycles. The Bertz CT molecular complexity index is 935. The number of amides is 2. The van der Waals surface area contributed by atoms with Crippen molar-refractivity contribution in [2.24, 2.45) is 0 Å². The Morgan fingerprint density at radius 1 is 0.962 bits per heavy atom. The number of rotatable bonds is 4. The number of hydrazine groups is 1. The number of hydrogen-bond donors (Lipinski definition) is 2. The topological polar surface area (TPSA) is 58.2 Å². The number of hydrogen-bond acceptors (Lipinski definition) is 3. The Morgan fingerprint density at radius 2 is 1.69 bits per heavy atom. The van der Waals surface area contributed by atoms with Gasteiger partial charge in [0.05, 0.1) is 11.3 Å². The van der Waals surface area contributed by atoms with Crippen molar-refractivity contribution in [2.75, 3.05) is 0 Å². The van der Waals surface area contributed by atoms with Gasteiger partial charge < -0.3 is 0 Å². The van der Waals surface area contributed by atoms with Gasteiger partial charge >= 0.3 is 0 Å². The van der Waals surface area contributed by atoms with Crippen LogP contribution in [0.3, 0.4) is 0 Å². The summed E-state index contributed by atoms with van der Waals surface area (Å²) >= 11 is 1.27. The summed E-state index contributed by atoms with van der Waals surface area (Å²) in [6, 6.07) is 17.1. The van der Waals surface area contributed by atoms with Crippen LogP contribution in [0.4, 0.5) is 4.39 Å². The minimum atomic E-state index is -0.388. The molecule has 26 heavy (non-hydrogen) atoms. The molecule has 0 unspecified atom stereocenters. The van der Waals surface area contributed by atoms with Gasteiger partial charge in [-0.3, -0.25) is 20.4 Å². The summed E-state index contributed by atoms with van der Waals surface area (Å²) in [4.78, 5) is 25.5. The molecular formula is C20H17FN2O2S. The van der Waals surface area contributed by atoms with Crippen LogP contribution in [0.2, 0.25) is 0 Å². The summed E-state index contributed by atoms with van der Waals surface area (Å²) in [5, 5.41) is 0. The van der Waals surface area contributed by atoms with Crippen molar-refractivity contribution < 1.29 is 14.0 Å². The highest BCUT2D eigenvalue weighted by Crippen LogP contribution is 2.28. The zero-order valence-corrected chi connectivity index (χ0v) is 14.9. The lowest BCUT2D eigenvalue weighted by Crippen LogP contribution is -2.42. The number of halogens is 1. The predicted molar refractivity (Wildman–Crippen MR) is 100 cm³/mol. The van der Waals surface area contributed by atoms with E-state index in [-0.39, 0.29) is 24.1 Å². The third-order valence-corrected chi connectivity index (χ3v) is 5.02. The second-order valence-corrected chi connectivity index (χ2v) is 6.86. The Morgan fingerprint density at radius 3 is 2.42 bits per heavy atom. The third-order valence-electron chi connectivity index (χ3n) is 3.89. The zero-order chi connectivity index (χ0) is 18.5. The minimum absolute atomic E-state index is 0.193. The normalized spacial score (nSPS) is 10.4. The van der Waals surface area contributed by atoms with Crippen molar-refractivity contribution in [1.82, 2.24) is 10.9 Å². The number of benzene rings is 2. The molecule has 6 heteroatoms. The molecular weight excluding hydrogens is 351 g/mol. The summed E-state index contributed by atoms with van der Waals surface area (Å²) < 4.78 is 13.0. The van der Waals surface area contributed by atoms with Gasteiger partial charge in [-0.2, -0.15) is 0 Å². The van der Waals surface area contributed by atoms with E-state index in [1.54, 1.807) is 24.3 Å². The van der Waals surface area contributed by atoms with E-state index in [0.717, 1.165) is 21.6 Å². The van der Waals surface area contributed by atoms with Crippen molar-refractivity contribution in [3.8, 4) is 10.4 Å². The molecule has 132 valence electrons. The van der Waals surface area contributed by atoms with Crippen molar-refractivity contribution in [3.63, 3.8) is 0 Å². The highest BCUT2D eigenvalue weighted by Gasteiger charge is 2.12. The molecule has 0 saturated carbocycles. The van der Waals surface area contributed by atoms with Gasteiger partial charge in [0.2, 0.25) is 5.91 Å². The van der Waals surface area contributed by atoms with Crippen LogP contribution in [0.15, 0.2) is 60.7 Å². The van der Waals surface area contributed by atoms with Gasteiger partial charge in [-0.05, 0) is 47.9 Å². The molecule has 3 rings (SSSR count). The van der Waals surface area contributed by atoms with Crippen LogP contribution < -0.4 is 10.9 Å². The molecule has 0 saturated heterocycles. The lowest BCUT2D eigenvalue weighted by atomic mass is 10.1. The van der Waals surface area contributed by atoms with Gasteiger partial charge in [0.25, 0.3) is 5.91 Å². The first-order valence-corrected chi connectivity index (χ1v) is 8.84. The third kappa shape index (κ3) is 4.34. The first-order chi connectivity index (χ1) is 12.5. The summed E-state index contributed by atoms with van der Waals surface area (Å²) in [6.45, 7) is 1.93. The largest absolute Gasteiger partial charge is 0.279 e. The Hall–Kier alpha value is -2.99. The van der Waals surface area contributed by atoms with E-state index in [2.05, 4.69) is 10.9 Å². The summed E-state index contributed by atoms with van der Waals surface area (Å²) in [5.41, 5.74) is 7.62. The molecule has 1 aromatic heterocycles. The van der Waals surface area contributed by atoms with Gasteiger partial charge in [-0.25, -0.2) is 4.39 Å². The van der Waals surface area contributed by atoms with E-state index in [1.165, 1.54) is 23.5 Å². The second kappa shape index (κ2) is 7.93. The Balaban J connectivity index is 1.58. The van der Waals surface area contributed by atoms with E-state index in [0.29, 0.717) is 4.88 Å².